The van der Waals surface area contributed by atoms with Crippen molar-refractivity contribution in [2.75, 3.05) is 32.4 Å². The highest BCUT2D eigenvalue weighted by atomic mass is 16.5. The van der Waals surface area contributed by atoms with E-state index >= 15 is 0 Å². The highest BCUT2D eigenvalue weighted by Crippen LogP contribution is 2.30. The maximum atomic E-state index is 12.7. The Morgan fingerprint density at radius 1 is 1.06 bits per heavy atom. The molecule has 4 rings (SSSR count). The molecule has 2 heterocycles. The van der Waals surface area contributed by atoms with Gasteiger partial charge in [-0.05, 0) is 43.3 Å². The summed E-state index contributed by atoms with van der Waals surface area (Å²) < 4.78 is 22.8. The number of rotatable bonds is 8. The second-order valence-electron chi connectivity index (χ2n) is 7.26. The number of nitrogens with two attached hydrogens (primary N) is 1. The van der Waals surface area contributed by atoms with Crippen LogP contribution in [0.1, 0.15) is 21.9 Å². The molecule has 0 radical (unpaired) electrons. The summed E-state index contributed by atoms with van der Waals surface area (Å²) in [5.41, 5.74) is 8.08. The molecule has 2 aromatic heterocycles. The van der Waals surface area contributed by atoms with E-state index in [-0.39, 0.29) is 18.1 Å². The molecule has 11 heteroatoms. The van der Waals surface area contributed by atoms with Crippen LogP contribution in [0.15, 0.2) is 46.9 Å². The fourth-order valence-corrected chi connectivity index (χ4v) is 3.28. The van der Waals surface area contributed by atoms with E-state index in [9.17, 15) is 4.79 Å². The number of carbonyl (C=O) groups is 1. The highest BCUT2D eigenvalue weighted by Gasteiger charge is 2.20. The van der Waals surface area contributed by atoms with Gasteiger partial charge in [-0.1, -0.05) is 5.21 Å². The van der Waals surface area contributed by atoms with Crippen molar-refractivity contribution in [3.63, 3.8) is 0 Å². The molecule has 0 aliphatic carbocycles. The van der Waals surface area contributed by atoms with Gasteiger partial charge in [-0.15, -0.1) is 5.10 Å². The summed E-state index contributed by atoms with van der Waals surface area (Å²) in [6.07, 6.45) is 0. The van der Waals surface area contributed by atoms with Crippen LogP contribution >= 0.6 is 0 Å². The lowest BCUT2D eigenvalue weighted by atomic mass is 10.2. The molecule has 176 valence electrons. The maximum absolute atomic E-state index is 12.7. The third-order valence-electron chi connectivity index (χ3n) is 5.16. The van der Waals surface area contributed by atoms with Crippen LogP contribution in [0.25, 0.3) is 11.5 Å². The zero-order chi connectivity index (χ0) is 24.2. The number of ether oxygens (including phenoxy) is 3. The second-order valence-corrected chi connectivity index (χ2v) is 7.26. The zero-order valence-corrected chi connectivity index (χ0v) is 19.2. The number of hydrogen-bond donors (Lipinski definition) is 2. The Morgan fingerprint density at radius 2 is 1.79 bits per heavy atom. The Hall–Kier alpha value is -4.54. The molecule has 0 aliphatic rings. The number of methoxy groups -OCH3 is 3. The van der Waals surface area contributed by atoms with Gasteiger partial charge in [-0.25, -0.2) is 9.67 Å². The van der Waals surface area contributed by atoms with E-state index in [4.69, 9.17) is 24.4 Å². The molecule has 0 atom stereocenters. The number of amides is 1. The van der Waals surface area contributed by atoms with Crippen LogP contribution in [0.2, 0.25) is 0 Å². The van der Waals surface area contributed by atoms with Gasteiger partial charge in [0, 0.05) is 17.3 Å². The van der Waals surface area contributed by atoms with Crippen molar-refractivity contribution < 1.29 is 23.4 Å². The topological polar surface area (TPSA) is 140 Å². The maximum Gasteiger partial charge on any atom is 0.280 e. The standard InChI is InChI=1S/C23H24N6O5/c1-13-17(26-23(34-13)14-5-8-16(31-2)9-6-14)12-29-21(24)20(27-28-29)22(30)25-15-7-10-18(32-3)19(11-15)33-4/h5-11H,12,24H2,1-4H3,(H,25,30). The van der Waals surface area contributed by atoms with Gasteiger partial charge in [-0.2, -0.15) is 0 Å². The molecule has 4 aromatic rings. The number of benzene rings is 2. The average molecular weight is 464 g/mol. The minimum atomic E-state index is -0.508. The fourth-order valence-electron chi connectivity index (χ4n) is 3.28. The lowest BCUT2D eigenvalue weighted by Crippen LogP contribution is -2.15. The Kier molecular flexibility index (Phi) is 6.35. The molecule has 0 bridgehead atoms. The molecular formula is C23H24N6O5. The number of nitrogens with zero attached hydrogens (tertiary/aromatic N) is 4. The van der Waals surface area contributed by atoms with Gasteiger partial charge in [0.1, 0.15) is 17.2 Å². The zero-order valence-electron chi connectivity index (χ0n) is 19.2. The molecule has 0 fully saturated rings. The predicted octanol–water partition coefficient (Wildman–Crippen LogP) is 3.15. The Bertz CT molecular complexity index is 1310. The summed E-state index contributed by atoms with van der Waals surface area (Å²) in [6.45, 7) is 1.99. The first-order valence-electron chi connectivity index (χ1n) is 10.3. The number of anilines is 2. The minimum absolute atomic E-state index is 0.00805. The molecule has 0 aliphatic heterocycles. The van der Waals surface area contributed by atoms with E-state index in [1.807, 2.05) is 24.3 Å². The molecular weight excluding hydrogens is 440 g/mol. The SMILES string of the molecule is COc1ccc(-c2nc(Cn3nnc(C(=O)Nc4ccc(OC)c(OC)c4)c3N)c(C)o2)cc1. The first-order chi connectivity index (χ1) is 16.4. The van der Waals surface area contributed by atoms with Crippen molar-refractivity contribution in [3.8, 4) is 28.7 Å². The van der Waals surface area contributed by atoms with Crippen LogP contribution in [0.5, 0.6) is 17.2 Å². The summed E-state index contributed by atoms with van der Waals surface area (Å²) >= 11 is 0. The van der Waals surface area contributed by atoms with Crippen LogP contribution < -0.4 is 25.3 Å². The summed E-state index contributed by atoms with van der Waals surface area (Å²) in [5.74, 6) is 2.42. The van der Waals surface area contributed by atoms with Crippen molar-refractivity contribution in [2.45, 2.75) is 13.5 Å². The summed E-state index contributed by atoms with van der Waals surface area (Å²) in [4.78, 5) is 17.3. The van der Waals surface area contributed by atoms with Gasteiger partial charge in [0.2, 0.25) is 5.89 Å². The van der Waals surface area contributed by atoms with Crippen molar-refractivity contribution in [1.29, 1.82) is 0 Å². The third kappa shape index (κ3) is 4.49. The van der Waals surface area contributed by atoms with E-state index in [2.05, 4.69) is 20.6 Å². The number of oxazole rings is 1. The molecule has 11 nitrogen and oxygen atoms in total. The Morgan fingerprint density at radius 3 is 2.47 bits per heavy atom. The molecule has 2 aromatic carbocycles. The Labute approximate surface area is 195 Å². The average Bonchev–Trinajstić information content (AvgIpc) is 3.41. The van der Waals surface area contributed by atoms with Gasteiger partial charge < -0.3 is 29.7 Å². The van der Waals surface area contributed by atoms with Crippen LogP contribution in [-0.4, -0.2) is 47.2 Å². The smallest absolute Gasteiger partial charge is 0.280 e. The predicted molar refractivity (Wildman–Crippen MR) is 124 cm³/mol. The first kappa shape index (κ1) is 22.6. The van der Waals surface area contributed by atoms with Gasteiger partial charge in [0.05, 0.1) is 27.9 Å². The number of nitrogen functional groups attached to an aromatic ring is 1. The van der Waals surface area contributed by atoms with Crippen LogP contribution in [-0.2, 0) is 6.54 Å². The molecule has 0 unspecified atom stereocenters. The van der Waals surface area contributed by atoms with Gasteiger partial charge in [0.15, 0.2) is 23.0 Å². The van der Waals surface area contributed by atoms with E-state index < -0.39 is 5.91 Å². The first-order valence-corrected chi connectivity index (χ1v) is 10.3. The van der Waals surface area contributed by atoms with Gasteiger partial charge in [-0.3, -0.25) is 4.79 Å². The quantitative estimate of drug-likeness (QED) is 0.402. The monoisotopic (exact) mass is 464 g/mol. The van der Waals surface area contributed by atoms with E-state index in [0.717, 1.165) is 11.3 Å². The van der Waals surface area contributed by atoms with Gasteiger partial charge in [0.25, 0.3) is 5.91 Å². The number of carbonyl (C=O) groups excluding carboxylic acids is 1. The molecule has 3 N–H and O–H groups in total. The summed E-state index contributed by atoms with van der Waals surface area (Å²) in [5, 5.41) is 10.7. The third-order valence-corrected chi connectivity index (χ3v) is 5.16. The number of nitrogens with one attached hydrogen (secondary N) is 1. The van der Waals surface area contributed by atoms with E-state index in [1.54, 1.807) is 32.2 Å². The molecule has 0 saturated carbocycles. The van der Waals surface area contributed by atoms with Crippen molar-refractivity contribution in [1.82, 2.24) is 20.0 Å². The van der Waals surface area contributed by atoms with Crippen LogP contribution in [0, 0.1) is 6.92 Å². The molecule has 0 spiro atoms. The lowest BCUT2D eigenvalue weighted by molar-refractivity contribution is 0.102. The van der Waals surface area contributed by atoms with E-state index in [0.29, 0.717) is 34.5 Å². The minimum Gasteiger partial charge on any atom is -0.497 e. The van der Waals surface area contributed by atoms with Crippen molar-refractivity contribution in [2.24, 2.45) is 0 Å². The number of hydrogen-bond acceptors (Lipinski definition) is 9. The summed E-state index contributed by atoms with van der Waals surface area (Å²) in [6, 6.07) is 12.4. The van der Waals surface area contributed by atoms with E-state index in [1.165, 1.54) is 18.9 Å². The molecule has 0 saturated heterocycles. The number of aryl methyl sites for hydroxylation is 1. The molecule has 1 amide bonds. The second kappa shape index (κ2) is 9.53. The highest BCUT2D eigenvalue weighted by molar-refractivity contribution is 6.05. The van der Waals surface area contributed by atoms with Crippen molar-refractivity contribution in [3.05, 3.63) is 59.6 Å². The van der Waals surface area contributed by atoms with Crippen LogP contribution in [0.4, 0.5) is 11.5 Å². The normalized spacial score (nSPS) is 10.7. The van der Waals surface area contributed by atoms with Gasteiger partial charge >= 0.3 is 0 Å². The van der Waals surface area contributed by atoms with Crippen LogP contribution in [0.3, 0.4) is 0 Å². The fraction of sp³-hybridized carbons (Fsp3) is 0.217. The van der Waals surface area contributed by atoms with Crippen molar-refractivity contribution >= 4 is 17.4 Å². The molecule has 34 heavy (non-hydrogen) atoms. The largest absolute Gasteiger partial charge is 0.497 e. The Balaban J connectivity index is 1.50. The lowest BCUT2D eigenvalue weighted by Gasteiger charge is -2.10. The number of aromatic nitrogens is 4. The summed E-state index contributed by atoms with van der Waals surface area (Å²) in [7, 11) is 4.65.